The summed E-state index contributed by atoms with van der Waals surface area (Å²) in [6.07, 6.45) is 3.71. The lowest BCUT2D eigenvalue weighted by atomic mass is 10.5. The molecule has 0 atom stereocenters. The van der Waals surface area contributed by atoms with Gasteiger partial charge in [0.1, 0.15) is 10.8 Å². The second kappa shape index (κ2) is 2.70. The van der Waals surface area contributed by atoms with Crippen molar-refractivity contribution in [3.63, 3.8) is 0 Å². The number of hydrogen-bond donors (Lipinski definition) is 1. The number of imidazole rings is 1. The van der Waals surface area contributed by atoms with E-state index < -0.39 is 0 Å². The van der Waals surface area contributed by atoms with E-state index in [9.17, 15) is 4.79 Å². The number of halogens is 1. The number of aromatic nitrogens is 3. The second-order valence-corrected chi connectivity index (χ2v) is 2.85. The van der Waals surface area contributed by atoms with Crippen LogP contribution in [-0.2, 0) is 0 Å². The lowest BCUT2D eigenvalue weighted by Crippen LogP contribution is -1.96. The normalized spacial score (nSPS) is 10.5. The third kappa shape index (κ3) is 1.23. The molecule has 0 unspecified atom stereocenters. The number of nitrogens with zero attached hydrogens (tertiary/aromatic N) is 3. The predicted molar refractivity (Wildman–Crippen MR) is 47.8 cm³/mol. The molecular formula is C7H5ClN4O. The second-order valence-electron chi connectivity index (χ2n) is 2.46. The molecule has 2 aromatic heterocycles. The van der Waals surface area contributed by atoms with E-state index in [1.165, 1.54) is 12.4 Å². The lowest BCUT2D eigenvalue weighted by molar-refractivity contribution is 0.111. The molecule has 5 nitrogen and oxygen atoms in total. The van der Waals surface area contributed by atoms with E-state index in [2.05, 4.69) is 9.97 Å². The summed E-state index contributed by atoms with van der Waals surface area (Å²) in [7, 11) is 0. The number of rotatable bonds is 1. The highest BCUT2D eigenvalue weighted by molar-refractivity contribution is 6.29. The van der Waals surface area contributed by atoms with Crippen LogP contribution < -0.4 is 5.73 Å². The van der Waals surface area contributed by atoms with Gasteiger partial charge in [0.25, 0.3) is 0 Å². The van der Waals surface area contributed by atoms with Crippen molar-refractivity contribution in [2.45, 2.75) is 0 Å². The molecule has 0 aliphatic heterocycles. The number of nitrogens with two attached hydrogens (primary N) is 1. The summed E-state index contributed by atoms with van der Waals surface area (Å²) in [6, 6.07) is 0. The highest BCUT2D eigenvalue weighted by atomic mass is 35.5. The zero-order valence-electron chi connectivity index (χ0n) is 6.44. The average molecular weight is 197 g/mol. The van der Waals surface area contributed by atoms with Gasteiger partial charge < -0.3 is 10.1 Å². The number of anilines is 1. The smallest absolute Gasteiger partial charge is 0.180 e. The summed E-state index contributed by atoms with van der Waals surface area (Å²) in [6.45, 7) is 0. The molecule has 13 heavy (non-hydrogen) atoms. The van der Waals surface area contributed by atoms with Crippen molar-refractivity contribution < 1.29 is 4.79 Å². The van der Waals surface area contributed by atoms with Gasteiger partial charge in [-0.2, -0.15) is 0 Å². The van der Waals surface area contributed by atoms with Crippen molar-refractivity contribution in [1.29, 1.82) is 0 Å². The van der Waals surface area contributed by atoms with Gasteiger partial charge in [0.2, 0.25) is 0 Å². The summed E-state index contributed by atoms with van der Waals surface area (Å²) in [5.74, 6) is 0.209. The molecule has 0 saturated carbocycles. The van der Waals surface area contributed by atoms with Gasteiger partial charge in [-0.1, -0.05) is 11.6 Å². The van der Waals surface area contributed by atoms with Crippen molar-refractivity contribution in [1.82, 2.24) is 14.4 Å². The Hall–Kier alpha value is -1.62. The largest absolute Gasteiger partial charge is 0.381 e. The third-order valence-electron chi connectivity index (χ3n) is 1.57. The van der Waals surface area contributed by atoms with Gasteiger partial charge in [0.05, 0.1) is 0 Å². The average Bonchev–Trinajstić information content (AvgIpc) is 2.47. The van der Waals surface area contributed by atoms with Crippen molar-refractivity contribution in [2.24, 2.45) is 0 Å². The molecule has 2 N–H and O–H groups in total. The predicted octanol–water partition coefficient (Wildman–Crippen LogP) is 0.777. The fraction of sp³-hybridized carbons (Fsp3) is 0. The van der Waals surface area contributed by atoms with Crippen LogP contribution >= 0.6 is 11.6 Å². The zero-order valence-corrected chi connectivity index (χ0v) is 7.19. The first kappa shape index (κ1) is 8.00. The van der Waals surface area contributed by atoms with Crippen LogP contribution in [0.15, 0.2) is 12.4 Å². The number of fused-ring (bicyclic) bond motifs is 1. The molecule has 0 amide bonds. The summed E-state index contributed by atoms with van der Waals surface area (Å²) in [5, 5.41) is 0.264. The monoisotopic (exact) mass is 196 g/mol. The van der Waals surface area contributed by atoms with Gasteiger partial charge in [-0.3, -0.25) is 4.79 Å². The van der Waals surface area contributed by atoms with Crippen LogP contribution in [0.1, 0.15) is 10.5 Å². The topological polar surface area (TPSA) is 73.3 Å². The molecule has 0 fully saturated rings. The van der Waals surface area contributed by atoms with Gasteiger partial charge in [-0.15, -0.1) is 0 Å². The first-order chi connectivity index (χ1) is 6.20. The van der Waals surface area contributed by atoms with Crippen LogP contribution in [0.4, 0.5) is 5.82 Å². The maximum absolute atomic E-state index is 10.4. The van der Waals surface area contributed by atoms with Crippen LogP contribution in [0.25, 0.3) is 5.65 Å². The van der Waals surface area contributed by atoms with Gasteiger partial charge >= 0.3 is 0 Å². The van der Waals surface area contributed by atoms with E-state index in [-0.39, 0.29) is 11.0 Å². The summed E-state index contributed by atoms with van der Waals surface area (Å²) in [4.78, 5) is 18.1. The zero-order chi connectivity index (χ0) is 9.42. The van der Waals surface area contributed by atoms with E-state index in [1.807, 2.05) is 0 Å². The number of aldehydes is 1. The molecule has 0 radical (unpaired) electrons. The quantitative estimate of drug-likeness (QED) is 0.684. The SMILES string of the molecule is Nc1nc(Cl)cn2cc(C=O)nc12. The Labute approximate surface area is 78.2 Å². The van der Waals surface area contributed by atoms with Crippen molar-refractivity contribution >= 4 is 29.4 Å². The Morgan fingerprint density at radius 1 is 1.46 bits per heavy atom. The molecule has 0 spiro atoms. The minimum Gasteiger partial charge on any atom is -0.381 e. The molecule has 0 aromatic carbocycles. The summed E-state index contributed by atoms with van der Waals surface area (Å²) >= 11 is 5.65. The molecule has 6 heteroatoms. The first-order valence-corrected chi connectivity index (χ1v) is 3.84. The Bertz CT molecular complexity index is 479. The van der Waals surface area contributed by atoms with Gasteiger partial charge in [-0.05, 0) is 0 Å². The van der Waals surface area contributed by atoms with Gasteiger partial charge in [0, 0.05) is 12.4 Å². The van der Waals surface area contributed by atoms with E-state index in [0.717, 1.165) is 0 Å². The van der Waals surface area contributed by atoms with Crippen LogP contribution in [-0.4, -0.2) is 20.7 Å². The van der Waals surface area contributed by atoms with Crippen molar-refractivity contribution in [2.75, 3.05) is 5.73 Å². The fourth-order valence-electron chi connectivity index (χ4n) is 1.07. The van der Waals surface area contributed by atoms with Crippen molar-refractivity contribution in [3.8, 4) is 0 Å². The van der Waals surface area contributed by atoms with E-state index >= 15 is 0 Å². The van der Waals surface area contributed by atoms with Crippen LogP contribution in [0.2, 0.25) is 5.15 Å². The summed E-state index contributed by atoms with van der Waals surface area (Å²) < 4.78 is 1.56. The van der Waals surface area contributed by atoms with Crippen molar-refractivity contribution in [3.05, 3.63) is 23.2 Å². The molecule has 0 aliphatic carbocycles. The fourth-order valence-corrected chi connectivity index (χ4v) is 1.26. The van der Waals surface area contributed by atoms with Gasteiger partial charge in [-0.25, -0.2) is 9.97 Å². The van der Waals surface area contributed by atoms with Crippen LogP contribution in [0, 0.1) is 0 Å². The number of nitrogen functional groups attached to an aromatic ring is 1. The summed E-state index contributed by atoms with van der Waals surface area (Å²) in [5.41, 5.74) is 6.27. The molecule has 0 saturated heterocycles. The van der Waals surface area contributed by atoms with E-state index in [0.29, 0.717) is 17.6 Å². The highest BCUT2D eigenvalue weighted by Crippen LogP contribution is 2.14. The molecule has 0 aliphatic rings. The van der Waals surface area contributed by atoms with Crippen LogP contribution in [0.5, 0.6) is 0 Å². The Morgan fingerprint density at radius 2 is 2.23 bits per heavy atom. The number of carbonyl (C=O) groups is 1. The molecule has 66 valence electrons. The first-order valence-electron chi connectivity index (χ1n) is 3.46. The molecule has 2 rings (SSSR count). The Kier molecular flexibility index (Phi) is 1.66. The lowest BCUT2D eigenvalue weighted by Gasteiger charge is -1.96. The molecule has 0 bridgehead atoms. The molecular weight excluding hydrogens is 192 g/mol. The maximum Gasteiger partial charge on any atom is 0.180 e. The Morgan fingerprint density at radius 3 is 2.92 bits per heavy atom. The van der Waals surface area contributed by atoms with E-state index in [4.69, 9.17) is 17.3 Å². The molecule has 2 aromatic rings. The maximum atomic E-state index is 10.4. The Balaban J connectivity index is 2.82. The molecule has 2 heterocycles. The number of hydrogen-bond acceptors (Lipinski definition) is 4. The minimum atomic E-state index is 0.209. The van der Waals surface area contributed by atoms with Gasteiger partial charge in [0.15, 0.2) is 17.8 Å². The van der Waals surface area contributed by atoms with Crippen LogP contribution in [0.3, 0.4) is 0 Å². The third-order valence-corrected chi connectivity index (χ3v) is 1.76. The van der Waals surface area contributed by atoms with E-state index in [1.54, 1.807) is 4.40 Å². The highest BCUT2D eigenvalue weighted by Gasteiger charge is 2.05. The number of carbonyl (C=O) groups excluding carboxylic acids is 1. The standard InChI is InChI=1S/C7H5ClN4O/c8-5-2-12-1-4(3-13)10-7(12)6(9)11-5/h1-3H,(H2,9,11). The minimum absolute atomic E-state index is 0.209.